The molecule has 0 heterocycles. The third-order valence-electron chi connectivity index (χ3n) is 0.279. The predicted octanol–water partition coefficient (Wildman–Crippen LogP) is -1.04. The largest absolute Gasteiger partial charge is 0.529 e. The quantitative estimate of drug-likeness (QED) is 0.254. The first kappa shape index (κ1) is 6.19. The normalized spacial score (nSPS) is 7.71. The van der Waals surface area contributed by atoms with Crippen LogP contribution in [0.5, 0.6) is 0 Å². The van der Waals surface area contributed by atoms with E-state index in [2.05, 4.69) is 15.5 Å². The highest BCUT2D eigenvalue weighted by atomic mass is 16.8. The Labute approximate surface area is 39.6 Å². The minimum Gasteiger partial charge on any atom is -0.406 e. The van der Waals surface area contributed by atoms with Crippen LogP contribution in [0.1, 0.15) is 0 Å². The Morgan fingerprint density at radius 1 is 1.86 bits per heavy atom. The van der Waals surface area contributed by atoms with E-state index in [0.29, 0.717) is 0 Å². The molecule has 0 aromatic heterocycles. The van der Waals surface area contributed by atoms with Gasteiger partial charge in [-0.25, -0.2) is 4.79 Å². The third-order valence-corrected chi connectivity index (χ3v) is 0.279. The molecule has 0 unspecified atom stereocenters. The van der Waals surface area contributed by atoms with Crippen molar-refractivity contribution in [2.45, 2.75) is 0 Å². The standard InChI is InChI=1S/C2H5NO4/c3-7-2(5)6-1-4/h4H,1,3H2. The molecule has 3 N–H and O–H groups in total. The van der Waals surface area contributed by atoms with Gasteiger partial charge in [-0.15, -0.1) is 0 Å². The zero-order valence-corrected chi connectivity index (χ0v) is 3.46. The Morgan fingerprint density at radius 2 is 2.43 bits per heavy atom. The molecule has 5 nitrogen and oxygen atoms in total. The van der Waals surface area contributed by atoms with Gasteiger partial charge in [0.15, 0.2) is 6.79 Å². The lowest BCUT2D eigenvalue weighted by Crippen LogP contribution is -2.11. The van der Waals surface area contributed by atoms with Crippen molar-refractivity contribution in [3.63, 3.8) is 0 Å². The second kappa shape index (κ2) is 3.38. The number of hydrogen-bond acceptors (Lipinski definition) is 5. The molecule has 0 saturated heterocycles. The van der Waals surface area contributed by atoms with Gasteiger partial charge in [0.25, 0.3) is 0 Å². The van der Waals surface area contributed by atoms with Gasteiger partial charge in [-0.3, -0.25) is 0 Å². The average Bonchev–Trinajstić information content (AvgIpc) is 1.68. The van der Waals surface area contributed by atoms with Crippen LogP contribution in [0.4, 0.5) is 4.79 Å². The molecule has 0 aromatic carbocycles. The number of ether oxygens (including phenoxy) is 1. The van der Waals surface area contributed by atoms with Gasteiger partial charge < -0.3 is 14.7 Å². The maximum Gasteiger partial charge on any atom is 0.529 e. The summed E-state index contributed by atoms with van der Waals surface area (Å²) in [4.78, 5) is 13.2. The summed E-state index contributed by atoms with van der Waals surface area (Å²) in [6.45, 7) is -0.712. The highest BCUT2D eigenvalue weighted by molar-refractivity contribution is 5.58. The Bertz CT molecular complexity index is 62.7. The molecule has 0 bridgehead atoms. The Morgan fingerprint density at radius 3 is 2.57 bits per heavy atom. The first-order valence-corrected chi connectivity index (χ1v) is 1.45. The highest BCUT2D eigenvalue weighted by Crippen LogP contribution is 1.73. The van der Waals surface area contributed by atoms with E-state index in [-0.39, 0.29) is 0 Å². The SMILES string of the molecule is NOC(=O)OCO. The van der Waals surface area contributed by atoms with Gasteiger partial charge in [0.2, 0.25) is 0 Å². The minimum atomic E-state index is -1.09. The first-order chi connectivity index (χ1) is 3.31. The van der Waals surface area contributed by atoms with Crippen molar-refractivity contribution >= 4 is 6.16 Å². The summed E-state index contributed by atoms with van der Waals surface area (Å²) in [5.41, 5.74) is 0. The molecule has 0 aliphatic carbocycles. The molecule has 0 aromatic rings. The van der Waals surface area contributed by atoms with E-state index >= 15 is 0 Å². The molecule has 0 amide bonds. The molecule has 0 aliphatic heterocycles. The third kappa shape index (κ3) is 3.01. The monoisotopic (exact) mass is 107 g/mol. The number of aliphatic hydroxyl groups excluding tert-OH is 1. The highest BCUT2D eigenvalue weighted by Gasteiger charge is 1.95. The number of hydrogen-bond donors (Lipinski definition) is 2. The van der Waals surface area contributed by atoms with E-state index in [4.69, 9.17) is 5.11 Å². The summed E-state index contributed by atoms with van der Waals surface area (Å²) in [7, 11) is 0. The lowest BCUT2D eigenvalue weighted by Gasteiger charge is -1.93. The Kier molecular flexibility index (Phi) is 2.99. The molecular weight excluding hydrogens is 102 g/mol. The van der Waals surface area contributed by atoms with Crippen molar-refractivity contribution in [2.75, 3.05) is 6.79 Å². The van der Waals surface area contributed by atoms with Crippen molar-refractivity contribution in [1.29, 1.82) is 0 Å². The van der Waals surface area contributed by atoms with Crippen LogP contribution in [-0.2, 0) is 9.57 Å². The van der Waals surface area contributed by atoms with E-state index in [1.807, 2.05) is 0 Å². The number of rotatable bonds is 1. The van der Waals surface area contributed by atoms with Crippen LogP contribution >= 0.6 is 0 Å². The number of nitrogens with two attached hydrogens (primary N) is 1. The Hall–Kier alpha value is -0.810. The van der Waals surface area contributed by atoms with E-state index in [0.717, 1.165) is 0 Å². The van der Waals surface area contributed by atoms with Crippen molar-refractivity contribution in [2.24, 2.45) is 5.90 Å². The Balaban J connectivity index is 3.00. The van der Waals surface area contributed by atoms with Gasteiger partial charge in [0, 0.05) is 0 Å². The molecule has 0 spiro atoms. The molecule has 5 heteroatoms. The van der Waals surface area contributed by atoms with Crippen LogP contribution in [0.15, 0.2) is 0 Å². The average molecular weight is 107 g/mol. The van der Waals surface area contributed by atoms with Gasteiger partial charge in [0.05, 0.1) is 0 Å². The zero-order valence-electron chi connectivity index (χ0n) is 3.46. The molecule has 0 radical (unpaired) electrons. The lowest BCUT2D eigenvalue weighted by atomic mass is 11.3. The molecular formula is C2H5NO4. The molecule has 42 valence electrons. The molecule has 0 aliphatic rings. The number of carbonyl (C=O) groups is 1. The van der Waals surface area contributed by atoms with E-state index in [1.54, 1.807) is 0 Å². The lowest BCUT2D eigenvalue weighted by molar-refractivity contribution is -0.00607. The smallest absolute Gasteiger partial charge is 0.406 e. The van der Waals surface area contributed by atoms with Crippen LogP contribution < -0.4 is 5.90 Å². The predicted molar refractivity (Wildman–Crippen MR) is 18.8 cm³/mol. The fraction of sp³-hybridized carbons (Fsp3) is 0.500. The summed E-state index contributed by atoms with van der Waals surface area (Å²) >= 11 is 0. The molecule has 0 saturated carbocycles. The number of carbonyl (C=O) groups excluding carboxylic acids is 1. The van der Waals surface area contributed by atoms with Crippen LogP contribution in [0.25, 0.3) is 0 Å². The van der Waals surface area contributed by atoms with E-state index in [9.17, 15) is 4.79 Å². The second-order valence-electron chi connectivity index (χ2n) is 0.641. The fourth-order valence-corrected chi connectivity index (χ4v) is 0.0867. The van der Waals surface area contributed by atoms with Crippen molar-refractivity contribution < 1.29 is 19.5 Å². The zero-order chi connectivity index (χ0) is 5.70. The maximum absolute atomic E-state index is 9.68. The first-order valence-electron chi connectivity index (χ1n) is 1.45. The molecule has 0 rings (SSSR count). The van der Waals surface area contributed by atoms with Crippen molar-refractivity contribution in [3.8, 4) is 0 Å². The summed E-state index contributed by atoms with van der Waals surface area (Å²) in [5.74, 6) is 4.27. The molecule has 7 heavy (non-hydrogen) atoms. The van der Waals surface area contributed by atoms with E-state index < -0.39 is 12.9 Å². The topological polar surface area (TPSA) is 81.8 Å². The minimum absolute atomic E-state index is 0.712. The summed E-state index contributed by atoms with van der Waals surface area (Å²) in [5, 5.41) is 7.79. The van der Waals surface area contributed by atoms with Crippen LogP contribution in [0.3, 0.4) is 0 Å². The van der Waals surface area contributed by atoms with Crippen LogP contribution in [-0.4, -0.2) is 18.1 Å². The van der Waals surface area contributed by atoms with E-state index in [1.165, 1.54) is 0 Å². The number of aliphatic hydroxyl groups is 1. The van der Waals surface area contributed by atoms with Gasteiger partial charge in [-0.1, -0.05) is 0 Å². The van der Waals surface area contributed by atoms with Crippen LogP contribution in [0.2, 0.25) is 0 Å². The van der Waals surface area contributed by atoms with Crippen LogP contribution in [0, 0.1) is 0 Å². The van der Waals surface area contributed by atoms with Gasteiger partial charge in [-0.05, 0) is 0 Å². The van der Waals surface area contributed by atoms with Crippen molar-refractivity contribution in [3.05, 3.63) is 0 Å². The van der Waals surface area contributed by atoms with Gasteiger partial charge >= 0.3 is 6.16 Å². The summed E-state index contributed by atoms with van der Waals surface area (Å²) in [6, 6.07) is 0. The molecule has 0 fully saturated rings. The fourth-order valence-electron chi connectivity index (χ4n) is 0.0867. The van der Waals surface area contributed by atoms with Gasteiger partial charge in [-0.2, -0.15) is 5.90 Å². The second-order valence-corrected chi connectivity index (χ2v) is 0.641. The summed E-state index contributed by atoms with van der Waals surface area (Å²) in [6.07, 6.45) is -1.09. The van der Waals surface area contributed by atoms with Crippen molar-refractivity contribution in [1.82, 2.24) is 0 Å². The maximum atomic E-state index is 9.68. The summed E-state index contributed by atoms with van der Waals surface area (Å²) < 4.78 is 3.76. The molecule has 0 atom stereocenters. The van der Waals surface area contributed by atoms with Gasteiger partial charge in [0.1, 0.15) is 0 Å².